The maximum atomic E-state index is 12.5. The molecule has 0 spiro atoms. The van der Waals surface area contributed by atoms with E-state index in [4.69, 9.17) is 4.74 Å². The molecule has 0 saturated carbocycles. The van der Waals surface area contributed by atoms with Crippen LogP contribution >= 0.6 is 0 Å². The van der Waals surface area contributed by atoms with Crippen LogP contribution in [0.3, 0.4) is 0 Å². The van der Waals surface area contributed by atoms with Crippen molar-refractivity contribution in [2.45, 2.75) is 26.9 Å². The van der Waals surface area contributed by atoms with Gasteiger partial charge in [0, 0.05) is 35.9 Å². The first-order valence-corrected chi connectivity index (χ1v) is 9.04. The Kier molecular flexibility index (Phi) is 5.89. The Balaban J connectivity index is 1.60. The molecule has 0 radical (unpaired) electrons. The van der Waals surface area contributed by atoms with E-state index in [1.807, 2.05) is 48.9 Å². The fraction of sp³-hybridized carbons (Fsp3) is 0.227. The molecule has 0 atom stereocenters. The molecule has 144 valence electrons. The third-order valence-electron chi connectivity index (χ3n) is 4.61. The zero-order chi connectivity index (χ0) is 20.1. The number of esters is 1. The second-order valence-corrected chi connectivity index (χ2v) is 6.58. The molecule has 0 aliphatic carbocycles. The summed E-state index contributed by atoms with van der Waals surface area (Å²) in [7, 11) is 0. The summed E-state index contributed by atoms with van der Waals surface area (Å²) in [6.07, 6.45) is 5.38. The van der Waals surface area contributed by atoms with E-state index < -0.39 is 5.97 Å². The highest BCUT2D eigenvalue weighted by molar-refractivity contribution is 6.00. The minimum absolute atomic E-state index is 0.216. The quantitative estimate of drug-likeness (QED) is 0.342. The Morgan fingerprint density at radius 3 is 2.61 bits per heavy atom. The summed E-state index contributed by atoms with van der Waals surface area (Å²) in [5, 5.41) is 4.15. The maximum absolute atomic E-state index is 12.5. The van der Waals surface area contributed by atoms with Gasteiger partial charge in [0.1, 0.15) is 0 Å². The molecule has 1 aromatic carbocycles. The van der Waals surface area contributed by atoms with E-state index in [-0.39, 0.29) is 12.4 Å². The van der Waals surface area contributed by atoms with Crippen molar-refractivity contribution in [1.82, 2.24) is 14.3 Å². The van der Waals surface area contributed by atoms with Crippen LogP contribution < -0.4 is 0 Å². The van der Waals surface area contributed by atoms with Crippen LogP contribution in [0.4, 0.5) is 0 Å². The lowest BCUT2D eigenvalue weighted by molar-refractivity contribution is 0.0474. The summed E-state index contributed by atoms with van der Waals surface area (Å²) >= 11 is 0. The molecular formula is C22H23N3O3. The summed E-state index contributed by atoms with van der Waals surface area (Å²) in [5.41, 5.74) is 3.82. The summed E-state index contributed by atoms with van der Waals surface area (Å²) in [5.74, 6) is -0.731. The average Bonchev–Trinajstić information content (AvgIpc) is 3.30. The number of Topliss-reactive ketones (excluding diaryl/α,β-unsaturated/α-hetero) is 1. The van der Waals surface area contributed by atoms with Crippen LogP contribution in [0.15, 0.2) is 61.4 Å². The molecule has 0 aliphatic rings. The van der Waals surface area contributed by atoms with Gasteiger partial charge in [0.15, 0.2) is 6.61 Å². The van der Waals surface area contributed by atoms with Gasteiger partial charge in [-0.25, -0.2) is 4.79 Å². The van der Waals surface area contributed by atoms with E-state index in [0.717, 1.165) is 17.0 Å². The van der Waals surface area contributed by atoms with E-state index in [1.54, 1.807) is 29.1 Å². The third kappa shape index (κ3) is 4.28. The third-order valence-corrected chi connectivity index (χ3v) is 4.61. The molecule has 0 saturated heterocycles. The summed E-state index contributed by atoms with van der Waals surface area (Å²) < 4.78 is 9.02. The van der Waals surface area contributed by atoms with Gasteiger partial charge < -0.3 is 9.30 Å². The lowest BCUT2D eigenvalue weighted by Gasteiger charge is -2.07. The summed E-state index contributed by atoms with van der Waals surface area (Å²) in [6.45, 7) is 8.52. The lowest BCUT2D eigenvalue weighted by atomic mass is 10.1. The minimum Gasteiger partial charge on any atom is -0.454 e. The van der Waals surface area contributed by atoms with E-state index in [2.05, 4.69) is 11.7 Å². The Labute approximate surface area is 164 Å². The molecule has 6 heteroatoms. The van der Waals surface area contributed by atoms with E-state index in [0.29, 0.717) is 24.2 Å². The number of aryl methyl sites for hydroxylation is 1. The molecule has 0 aliphatic heterocycles. The van der Waals surface area contributed by atoms with Gasteiger partial charge in [0.2, 0.25) is 5.78 Å². The number of carbonyl (C=O) groups is 2. The number of hydrogen-bond acceptors (Lipinski definition) is 4. The first-order valence-electron chi connectivity index (χ1n) is 9.04. The highest BCUT2D eigenvalue weighted by Gasteiger charge is 2.17. The zero-order valence-electron chi connectivity index (χ0n) is 16.1. The average molecular weight is 377 g/mol. The SMILES string of the molecule is C=CCn1c(C)cc(C(=O)COC(=O)c2ccc(Cn3cccn3)cc2)c1C. The number of benzene rings is 1. The second-order valence-electron chi connectivity index (χ2n) is 6.58. The van der Waals surface area contributed by atoms with Gasteiger partial charge in [0.25, 0.3) is 0 Å². The number of allylic oxidation sites excluding steroid dienone is 1. The van der Waals surface area contributed by atoms with Crippen molar-refractivity contribution in [2.75, 3.05) is 6.61 Å². The van der Waals surface area contributed by atoms with Crippen LogP contribution in [0.25, 0.3) is 0 Å². The van der Waals surface area contributed by atoms with Crippen LogP contribution in [0.2, 0.25) is 0 Å². The molecule has 0 bridgehead atoms. The number of nitrogens with zero attached hydrogens (tertiary/aromatic N) is 3. The fourth-order valence-corrected chi connectivity index (χ4v) is 3.11. The van der Waals surface area contributed by atoms with E-state index in [1.165, 1.54) is 0 Å². The Hall–Kier alpha value is -3.41. The van der Waals surface area contributed by atoms with Crippen molar-refractivity contribution in [3.05, 3.63) is 89.5 Å². The number of carbonyl (C=O) groups excluding carboxylic acids is 2. The van der Waals surface area contributed by atoms with Gasteiger partial charge in [-0.15, -0.1) is 6.58 Å². The lowest BCUT2D eigenvalue weighted by Crippen LogP contribution is -2.15. The molecule has 2 heterocycles. The van der Waals surface area contributed by atoms with Crippen molar-refractivity contribution in [1.29, 1.82) is 0 Å². The smallest absolute Gasteiger partial charge is 0.338 e. The molecule has 0 unspecified atom stereocenters. The van der Waals surface area contributed by atoms with Gasteiger partial charge in [0.05, 0.1) is 12.1 Å². The molecule has 6 nitrogen and oxygen atoms in total. The van der Waals surface area contributed by atoms with Crippen LogP contribution in [-0.2, 0) is 17.8 Å². The molecule has 0 amide bonds. The number of ketones is 1. The highest BCUT2D eigenvalue weighted by atomic mass is 16.5. The largest absolute Gasteiger partial charge is 0.454 e. The van der Waals surface area contributed by atoms with Gasteiger partial charge in [-0.05, 0) is 43.7 Å². The standard InChI is InChI=1S/C22H23N3O3/c1-4-11-25-16(2)13-20(17(25)3)21(26)15-28-22(27)19-8-6-18(7-9-19)14-24-12-5-10-23-24/h4-10,12-13H,1,11,14-15H2,2-3H3. The fourth-order valence-electron chi connectivity index (χ4n) is 3.11. The monoisotopic (exact) mass is 377 g/mol. The van der Waals surface area contributed by atoms with Crippen LogP contribution in [-0.4, -0.2) is 32.7 Å². The van der Waals surface area contributed by atoms with Crippen molar-refractivity contribution >= 4 is 11.8 Å². The van der Waals surface area contributed by atoms with Crippen LogP contribution in [0.1, 0.15) is 37.7 Å². The number of aromatic nitrogens is 3. The first-order chi connectivity index (χ1) is 13.5. The molecule has 2 aromatic heterocycles. The molecular weight excluding hydrogens is 354 g/mol. The van der Waals surface area contributed by atoms with Gasteiger partial charge >= 0.3 is 5.97 Å². The van der Waals surface area contributed by atoms with E-state index >= 15 is 0 Å². The van der Waals surface area contributed by atoms with Gasteiger partial charge in [-0.3, -0.25) is 9.48 Å². The molecule has 0 N–H and O–H groups in total. The maximum Gasteiger partial charge on any atom is 0.338 e. The number of rotatable bonds is 8. The van der Waals surface area contributed by atoms with Crippen molar-refractivity contribution < 1.29 is 14.3 Å². The van der Waals surface area contributed by atoms with Crippen LogP contribution in [0, 0.1) is 13.8 Å². The van der Waals surface area contributed by atoms with Crippen molar-refractivity contribution in [3.8, 4) is 0 Å². The van der Waals surface area contributed by atoms with Gasteiger partial charge in [-0.1, -0.05) is 18.2 Å². The molecule has 28 heavy (non-hydrogen) atoms. The normalized spacial score (nSPS) is 10.6. The van der Waals surface area contributed by atoms with Crippen molar-refractivity contribution in [2.24, 2.45) is 0 Å². The summed E-state index contributed by atoms with van der Waals surface area (Å²) in [6, 6.07) is 10.8. The predicted octanol–water partition coefficient (Wildman–Crippen LogP) is 3.58. The topological polar surface area (TPSA) is 66.1 Å². The predicted molar refractivity (Wildman–Crippen MR) is 106 cm³/mol. The Morgan fingerprint density at radius 2 is 1.96 bits per heavy atom. The minimum atomic E-state index is -0.515. The van der Waals surface area contributed by atoms with Crippen LogP contribution in [0.5, 0.6) is 0 Å². The number of hydrogen-bond donors (Lipinski definition) is 0. The molecule has 3 aromatic rings. The molecule has 0 fully saturated rings. The van der Waals surface area contributed by atoms with E-state index in [9.17, 15) is 9.59 Å². The zero-order valence-corrected chi connectivity index (χ0v) is 16.1. The first kappa shape index (κ1) is 19.4. The van der Waals surface area contributed by atoms with Gasteiger partial charge in [-0.2, -0.15) is 5.10 Å². The number of ether oxygens (including phenoxy) is 1. The highest BCUT2D eigenvalue weighted by Crippen LogP contribution is 2.16. The summed E-state index contributed by atoms with van der Waals surface area (Å²) in [4.78, 5) is 24.7. The van der Waals surface area contributed by atoms with Crippen molar-refractivity contribution in [3.63, 3.8) is 0 Å². The Morgan fingerprint density at radius 1 is 1.21 bits per heavy atom. The Bertz CT molecular complexity index is 983. The molecule has 3 rings (SSSR count). The second kappa shape index (κ2) is 8.52.